The fourth-order valence-electron chi connectivity index (χ4n) is 1.65. The van der Waals surface area contributed by atoms with Gasteiger partial charge in [-0.3, -0.25) is 0 Å². The highest BCUT2D eigenvalue weighted by Crippen LogP contribution is 2.05. The lowest BCUT2D eigenvalue weighted by molar-refractivity contribution is 0.644. The molecule has 0 amide bonds. The first-order valence-electron chi connectivity index (χ1n) is 6.84. The van der Waals surface area contributed by atoms with E-state index in [4.69, 9.17) is 0 Å². The van der Waals surface area contributed by atoms with Crippen molar-refractivity contribution in [3.63, 3.8) is 0 Å². The molecule has 0 saturated carbocycles. The Balaban J connectivity index is 2.78. The Labute approximate surface area is 110 Å². The highest BCUT2D eigenvalue weighted by atomic mass is 16.5. The molecule has 1 aromatic carbocycles. The van der Waals surface area contributed by atoms with Crippen LogP contribution in [-0.4, -0.2) is 18.9 Å². The lowest BCUT2D eigenvalue weighted by Crippen LogP contribution is -2.33. The molecular formula is C15H23N2O. The Morgan fingerprint density at radius 2 is 1.78 bits per heavy atom. The summed E-state index contributed by atoms with van der Waals surface area (Å²) in [6.07, 6.45) is 4.05. The maximum absolute atomic E-state index is 12.1. The van der Waals surface area contributed by atoms with Crippen LogP contribution in [0, 0.1) is 5.21 Å². The Kier molecular flexibility index (Phi) is 7.30. The van der Waals surface area contributed by atoms with Crippen molar-refractivity contribution in [3.05, 3.63) is 41.1 Å². The van der Waals surface area contributed by atoms with E-state index in [2.05, 4.69) is 18.8 Å². The van der Waals surface area contributed by atoms with E-state index < -0.39 is 0 Å². The van der Waals surface area contributed by atoms with E-state index in [1.54, 1.807) is 0 Å². The van der Waals surface area contributed by atoms with E-state index in [0.29, 0.717) is 12.4 Å². The molecule has 0 unspecified atom stereocenters. The van der Waals surface area contributed by atoms with Gasteiger partial charge in [-0.15, -0.1) is 5.06 Å². The number of amidine groups is 1. The molecule has 0 fully saturated rings. The molecule has 0 bridgehead atoms. The van der Waals surface area contributed by atoms with Crippen LogP contribution in [-0.2, 0) is 0 Å². The molecule has 0 N–H and O–H groups in total. The summed E-state index contributed by atoms with van der Waals surface area (Å²) in [4.78, 5) is 4.47. The number of hydrogen-bond donors (Lipinski definition) is 0. The minimum atomic E-state index is 0.524. The fraction of sp³-hybridized carbons (Fsp3) is 0.533. The van der Waals surface area contributed by atoms with Crippen molar-refractivity contribution in [1.82, 2.24) is 5.06 Å². The second kappa shape index (κ2) is 8.84. The molecule has 0 saturated heterocycles. The smallest absolute Gasteiger partial charge is 0.279 e. The zero-order valence-electron chi connectivity index (χ0n) is 11.4. The van der Waals surface area contributed by atoms with Crippen LogP contribution in [0.5, 0.6) is 0 Å². The number of aliphatic imine (C=N–C) groups is 1. The van der Waals surface area contributed by atoms with Crippen LogP contribution in [0.1, 0.15) is 45.1 Å². The third kappa shape index (κ3) is 4.98. The number of rotatable bonds is 7. The number of unbranched alkanes of at least 4 members (excludes halogenated alkanes) is 2. The summed E-state index contributed by atoms with van der Waals surface area (Å²) >= 11 is 0. The zero-order valence-corrected chi connectivity index (χ0v) is 11.4. The molecule has 1 aromatic rings. The third-order valence-corrected chi connectivity index (χ3v) is 2.76. The molecule has 99 valence electrons. The molecule has 0 aliphatic carbocycles. The van der Waals surface area contributed by atoms with Crippen LogP contribution in [0.3, 0.4) is 0 Å². The second-order valence-electron chi connectivity index (χ2n) is 4.38. The van der Waals surface area contributed by atoms with Gasteiger partial charge in [0.15, 0.2) is 0 Å². The average Bonchev–Trinajstić information content (AvgIpc) is 2.42. The molecular weight excluding hydrogens is 224 g/mol. The van der Waals surface area contributed by atoms with E-state index in [9.17, 15) is 5.21 Å². The topological polar surface area (TPSA) is 41.3 Å². The molecule has 1 radical (unpaired) electrons. The highest BCUT2D eigenvalue weighted by molar-refractivity contribution is 6.00. The van der Waals surface area contributed by atoms with Gasteiger partial charge in [0.2, 0.25) is 0 Å². The molecule has 3 heteroatoms. The summed E-state index contributed by atoms with van der Waals surface area (Å²) in [5, 5.41) is 13.1. The van der Waals surface area contributed by atoms with E-state index in [1.165, 1.54) is 0 Å². The summed E-state index contributed by atoms with van der Waals surface area (Å²) in [5.74, 6) is 0.581. The normalized spacial score (nSPS) is 12.1. The molecule has 3 nitrogen and oxygen atoms in total. The van der Waals surface area contributed by atoms with Crippen LogP contribution >= 0.6 is 0 Å². The quantitative estimate of drug-likeness (QED) is 0.238. The molecule has 0 aliphatic rings. The second-order valence-corrected chi connectivity index (χ2v) is 4.38. The fourth-order valence-corrected chi connectivity index (χ4v) is 1.65. The Bertz CT molecular complexity index is 349. The van der Waals surface area contributed by atoms with Crippen molar-refractivity contribution < 1.29 is 0 Å². The predicted molar refractivity (Wildman–Crippen MR) is 78.0 cm³/mol. The molecule has 0 heterocycles. The number of benzene rings is 1. The van der Waals surface area contributed by atoms with Crippen molar-refractivity contribution in [2.75, 3.05) is 13.1 Å². The minimum Gasteiger partial charge on any atom is -0.575 e. The first-order chi connectivity index (χ1) is 8.79. The first kappa shape index (κ1) is 14.9. The van der Waals surface area contributed by atoms with E-state index in [1.807, 2.05) is 30.3 Å². The molecule has 1 rings (SSSR count). The van der Waals surface area contributed by atoms with E-state index in [-0.39, 0.29) is 0 Å². The predicted octanol–water partition coefficient (Wildman–Crippen LogP) is 3.67. The van der Waals surface area contributed by atoms with Gasteiger partial charge in [-0.2, -0.15) is 0 Å². The van der Waals surface area contributed by atoms with Gasteiger partial charge < -0.3 is 5.21 Å². The summed E-state index contributed by atoms with van der Waals surface area (Å²) < 4.78 is 0. The van der Waals surface area contributed by atoms with Gasteiger partial charge in [-0.1, -0.05) is 44.9 Å². The summed E-state index contributed by atoms with van der Waals surface area (Å²) in [6.45, 7) is 5.47. The van der Waals surface area contributed by atoms with Gasteiger partial charge in [0.25, 0.3) is 5.84 Å². The van der Waals surface area contributed by atoms with E-state index >= 15 is 0 Å². The van der Waals surface area contributed by atoms with Crippen LogP contribution < -0.4 is 5.06 Å². The Morgan fingerprint density at radius 3 is 2.39 bits per heavy atom. The average molecular weight is 247 g/mol. The minimum absolute atomic E-state index is 0.524. The van der Waals surface area contributed by atoms with Crippen molar-refractivity contribution in [3.8, 4) is 0 Å². The number of nitrogens with zero attached hydrogens (tertiary/aromatic N) is 2. The van der Waals surface area contributed by atoms with Gasteiger partial charge in [-0.05, 0) is 18.6 Å². The van der Waals surface area contributed by atoms with Gasteiger partial charge >= 0.3 is 0 Å². The Hall–Kier alpha value is -1.19. The van der Waals surface area contributed by atoms with Crippen molar-refractivity contribution in [1.29, 1.82) is 0 Å². The van der Waals surface area contributed by atoms with Gasteiger partial charge in [0, 0.05) is 13.0 Å². The lowest BCUT2D eigenvalue weighted by atomic mass is 10.2. The zero-order chi connectivity index (χ0) is 13.2. The van der Waals surface area contributed by atoms with E-state index in [0.717, 1.165) is 42.9 Å². The van der Waals surface area contributed by atoms with Crippen molar-refractivity contribution in [2.24, 2.45) is 4.99 Å². The number of hydroxylamine groups is 2. The highest BCUT2D eigenvalue weighted by Gasteiger charge is 2.16. The van der Waals surface area contributed by atoms with Gasteiger partial charge in [0.1, 0.15) is 6.54 Å². The Morgan fingerprint density at radius 1 is 1.11 bits per heavy atom. The summed E-state index contributed by atoms with van der Waals surface area (Å²) in [7, 11) is 0. The molecule has 18 heavy (non-hydrogen) atoms. The maximum atomic E-state index is 12.1. The van der Waals surface area contributed by atoms with Crippen LogP contribution in [0.25, 0.3) is 0 Å². The summed E-state index contributed by atoms with van der Waals surface area (Å²) in [6, 6.07) is 9.73. The third-order valence-electron chi connectivity index (χ3n) is 2.76. The van der Waals surface area contributed by atoms with Crippen molar-refractivity contribution in [2.45, 2.75) is 39.5 Å². The molecule has 0 aromatic heterocycles. The van der Waals surface area contributed by atoms with Crippen LogP contribution in [0.4, 0.5) is 0 Å². The molecule has 0 spiro atoms. The van der Waals surface area contributed by atoms with Gasteiger partial charge in [0.05, 0.1) is 5.56 Å². The first-order valence-corrected chi connectivity index (χ1v) is 6.84. The SMILES string of the molecule is CCCCN=C(c1ccccc1)[N+]([O-])CCCC. The van der Waals surface area contributed by atoms with Gasteiger partial charge in [-0.25, -0.2) is 4.99 Å². The maximum Gasteiger partial charge on any atom is 0.279 e. The molecule has 0 atom stereocenters. The number of hydrogen-bond acceptors (Lipinski definition) is 2. The standard InChI is InChI=1S/C15H23N2O/c1-3-5-12-16-15(17(18)13-6-4-2)14-10-8-7-9-11-14/h7-11H,3-6,12-13H2,1-2H3. The van der Waals surface area contributed by atoms with Crippen molar-refractivity contribution >= 4 is 5.84 Å². The van der Waals surface area contributed by atoms with Crippen LogP contribution in [0.2, 0.25) is 0 Å². The monoisotopic (exact) mass is 247 g/mol. The van der Waals surface area contributed by atoms with Crippen LogP contribution in [0.15, 0.2) is 35.3 Å². The summed E-state index contributed by atoms with van der Waals surface area (Å²) in [5.41, 5.74) is 0.916. The molecule has 0 aliphatic heterocycles. The largest absolute Gasteiger partial charge is 0.575 e. The lowest BCUT2D eigenvalue weighted by Gasteiger charge is -2.15.